The largest absolute Gasteiger partial charge is 0.396 e. The summed E-state index contributed by atoms with van der Waals surface area (Å²) in [5.41, 5.74) is 1.78. The molecule has 0 saturated carbocycles. The standard InChI is InChI=1S/C13H20FNO/c1-10-8-12(5-6-13(10)14)9-15-11(2)4-3-7-16/h5-6,8,11,15-16H,3-4,7,9H2,1-2H3. The Hall–Kier alpha value is -0.930. The van der Waals surface area contributed by atoms with Crippen LogP contribution in [-0.4, -0.2) is 17.8 Å². The molecule has 0 aliphatic rings. The highest BCUT2D eigenvalue weighted by molar-refractivity contribution is 5.23. The van der Waals surface area contributed by atoms with Gasteiger partial charge in [0.05, 0.1) is 0 Å². The lowest BCUT2D eigenvalue weighted by atomic mass is 10.1. The lowest BCUT2D eigenvalue weighted by Crippen LogP contribution is -2.25. The minimum absolute atomic E-state index is 0.155. The van der Waals surface area contributed by atoms with E-state index < -0.39 is 0 Å². The molecule has 0 saturated heterocycles. The number of halogens is 1. The summed E-state index contributed by atoms with van der Waals surface area (Å²) < 4.78 is 13.0. The average Bonchev–Trinajstić information content (AvgIpc) is 2.28. The molecule has 0 aliphatic heterocycles. The Bertz CT molecular complexity index is 328. The van der Waals surface area contributed by atoms with Gasteiger partial charge in [-0.1, -0.05) is 12.1 Å². The van der Waals surface area contributed by atoms with Crippen molar-refractivity contribution in [2.24, 2.45) is 0 Å². The molecule has 1 rings (SSSR count). The highest BCUT2D eigenvalue weighted by atomic mass is 19.1. The first-order chi connectivity index (χ1) is 7.63. The van der Waals surface area contributed by atoms with Crippen LogP contribution in [0.25, 0.3) is 0 Å². The second-order valence-electron chi connectivity index (χ2n) is 4.23. The van der Waals surface area contributed by atoms with Crippen molar-refractivity contribution >= 4 is 0 Å². The van der Waals surface area contributed by atoms with Gasteiger partial charge in [-0.25, -0.2) is 4.39 Å². The Labute approximate surface area is 96.5 Å². The van der Waals surface area contributed by atoms with Gasteiger partial charge >= 0.3 is 0 Å². The maximum Gasteiger partial charge on any atom is 0.126 e. The molecule has 1 aromatic carbocycles. The average molecular weight is 225 g/mol. The molecule has 2 nitrogen and oxygen atoms in total. The summed E-state index contributed by atoms with van der Waals surface area (Å²) in [7, 11) is 0. The lowest BCUT2D eigenvalue weighted by Gasteiger charge is -2.13. The van der Waals surface area contributed by atoms with Crippen molar-refractivity contribution in [1.82, 2.24) is 5.32 Å². The van der Waals surface area contributed by atoms with Crippen LogP contribution in [-0.2, 0) is 6.54 Å². The summed E-state index contributed by atoms with van der Waals surface area (Å²) in [5, 5.41) is 12.0. The Morgan fingerprint density at radius 2 is 2.19 bits per heavy atom. The van der Waals surface area contributed by atoms with E-state index in [0.717, 1.165) is 24.9 Å². The van der Waals surface area contributed by atoms with E-state index in [1.165, 1.54) is 6.07 Å². The first-order valence-corrected chi connectivity index (χ1v) is 5.72. The molecule has 0 spiro atoms. The predicted molar refractivity (Wildman–Crippen MR) is 63.8 cm³/mol. The van der Waals surface area contributed by atoms with Crippen molar-refractivity contribution in [2.75, 3.05) is 6.61 Å². The first-order valence-electron chi connectivity index (χ1n) is 5.72. The van der Waals surface area contributed by atoms with E-state index in [2.05, 4.69) is 12.2 Å². The Balaban J connectivity index is 2.39. The molecule has 0 aromatic heterocycles. The summed E-state index contributed by atoms with van der Waals surface area (Å²) >= 11 is 0. The molecule has 0 aliphatic carbocycles. The van der Waals surface area contributed by atoms with Gasteiger partial charge in [0.1, 0.15) is 5.82 Å². The van der Waals surface area contributed by atoms with Gasteiger partial charge < -0.3 is 10.4 Å². The number of aliphatic hydroxyl groups excluding tert-OH is 1. The van der Waals surface area contributed by atoms with Gasteiger partial charge in [-0.3, -0.25) is 0 Å². The maximum atomic E-state index is 13.0. The van der Waals surface area contributed by atoms with E-state index >= 15 is 0 Å². The van der Waals surface area contributed by atoms with Crippen molar-refractivity contribution < 1.29 is 9.50 Å². The van der Waals surface area contributed by atoms with Gasteiger partial charge in [0, 0.05) is 19.2 Å². The van der Waals surface area contributed by atoms with Crippen LogP contribution in [0, 0.1) is 12.7 Å². The number of rotatable bonds is 6. The molecular formula is C13H20FNO. The number of aryl methyl sites for hydroxylation is 1. The van der Waals surface area contributed by atoms with Gasteiger partial charge in [0.2, 0.25) is 0 Å². The van der Waals surface area contributed by atoms with Crippen LogP contribution in [0.1, 0.15) is 30.9 Å². The van der Waals surface area contributed by atoms with Crippen LogP contribution in [0.15, 0.2) is 18.2 Å². The van der Waals surface area contributed by atoms with Crippen LogP contribution in [0.5, 0.6) is 0 Å². The monoisotopic (exact) mass is 225 g/mol. The SMILES string of the molecule is Cc1cc(CNC(C)CCCO)ccc1F. The van der Waals surface area contributed by atoms with Crippen LogP contribution in [0.2, 0.25) is 0 Å². The minimum Gasteiger partial charge on any atom is -0.396 e. The molecule has 0 heterocycles. The third-order valence-electron chi connectivity index (χ3n) is 2.67. The molecule has 0 fully saturated rings. The van der Waals surface area contributed by atoms with Crippen LogP contribution < -0.4 is 5.32 Å². The topological polar surface area (TPSA) is 32.3 Å². The zero-order valence-corrected chi connectivity index (χ0v) is 9.96. The van der Waals surface area contributed by atoms with Crippen LogP contribution in [0.3, 0.4) is 0 Å². The van der Waals surface area contributed by atoms with E-state index in [0.29, 0.717) is 11.6 Å². The molecule has 0 radical (unpaired) electrons. The van der Waals surface area contributed by atoms with Gasteiger partial charge in [-0.2, -0.15) is 0 Å². The zero-order valence-electron chi connectivity index (χ0n) is 9.96. The molecule has 1 unspecified atom stereocenters. The highest BCUT2D eigenvalue weighted by Gasteiger charge is 2.02. The van der Waals surface area contributed by atoms with E-state index in [4.69, 9.17) is 5.11 Å². The lowest BCUT2D eigenvalue weighted by molar-refractivity contribution is 0.276. The van der Waals surface area contributed by atoms with E-state index in [-0.39, 0.29) is 12.4 Å². The van der Waals surface area contributed by atoms with E-state index in [1.54, 1.807) is 13.0 Å². The normalized spacial score (nSPS) is 12.8. The summed E-state index contributed by atoms with van der Waals surface area (Å²) in [6, 6.07) is 5.54. The van der Waals surface area contributed by atoms with Crippen molar-refractivity contribution in [3.8, 4) is 0 Å². The van der Waals surface area contributed by atoms with Gasteiger partial charge in [0.15, 0.2) is 0 Å². The number of nitrogens with one attached hydrogen (secondary N) is 1. The minimum atomic E-state index is -0.155. The number of hydrogen-bond acceptors (Lipinski definition) is 2. The highest BCUT2D eigenvalue weighted by Crippen LogP contribution is 2.09. The third-order valence-corrected chi connectivity index (χ3v) is 2.67. The third kappa shape index (κ3) is 4.29. The fraction of sp³-hybridized carbons (Fsp3) is 0.538. The Kier molecular flexibility index (Phi) is 5.43. The molecular weight excluding hydrogens is 205 g/mol. The quantitative estimate of drug-likeness (QED) is 0.779. The van der Waals surface area contributed by atoms with Crippen LogP contribution >= 0.6 is 0 Å². The first kappa shape index (κ1) is 13.1. The fourth-order valence-electron chi connectivity index (χ4n) is 1.61. The second-order valence-corrected chi connectivity index (χ2v) is 4.23. The molecule has 1 aromatic rings. The number of aliphatic hydroxyl groups is 1. The van der Waals surface area contributed by atoms with Crippen molar-refractivity contribution in [2.45, 2.75) is 39.3 Å². The molecule has 0 bridgehead atoms. The van der Waals surface area contributed by atoms with Crippen LogP contribution in [0.4, 0.5) is 4.39 Å². The van der Waals surface area contributed by atoms with E-state index in [1.807, 2.05) is 6.07 Å². The molecule has 90 valence electrons. The van der Waals surface area contributed by atoms with Crippen molar-refractivity contribution in [3.05, 3.63) is 35.1 Å². The number of hydrogen-bond donors (Lipinski definition) is 2. The van der Waals surface area contributed by atoms with Gasteiger partial charge in [-0.15, -0.1) is 0 Å². The predicted octanol–water partition coefficient (Wildman–Crippen LogP) is 2.38. The van der Waals surface area contributed by atoms with Crippen molar-refractivity contribution in [1.29, 1.82) is 0 Å². The molecule has 0 amide bonds. The Morgan fingerprint density at radius 3 is 2.81 bits per heavy atom. The summed E-state index contributed by atoms with van der Waals surface area (Å²) in [6.07, 6.45) is 1.77. The van der Waals surface area contributed by atoms with E-state index in [9.17, 15) is 4.39 Å². The molecule has 16 heavy (non-hydrogen) atoms. The summed E-state index contributed by atoms with van der Waals surface area (Å²) in [4.78, 5) is 0. The molecule has 3 heteroatoms. The van der Waals surface area contributed by atoms with Gasteiger partial charge in [-0.05, 0) is 43.9 Å². The summed E-state index contributed by atoms with van der Waals surface area (Å²) in [5.74, 6) is -0.155. The van der Waals surface area contributed by atoms with Crippen molar-refractivity contribution in [3.63, 3.8) is 0 Å². The maximum absolute atomic E-state index is 13.0. The smallest absolute Gasteiger partial charge is 0.126 e. The molecule has 1 atom stereocenters. The number of benzene rings is 1. The molecule has 2 N–H and O–H groups in total. The summed E-state index contributed by atoms with van der Waals surface area (Å²) in [6.45, 7) is 4.84. The fourth-order valence-corrected chi connectivity index (χ4v) is 1.61. The van der Waals surface area contributed by atoms with Gasteiger partial charge in [0.25, 0.3) is 0 Å². The Morgan fingerprint density at radius 1 is 1.44 bits per heavy atom. The second kappa shape index (κ2) is 6.61. The zero-order chi connectivity index (χ0) is 12.0.